The molecule has 8 heteroatoms. The topological polar surface area (TPSA) is 81.6 Å². The van der Waals surface area contributed by atoms with Gasteiger partial charge in [-0.15, -0.1) is 10.2 Å². The Hall–Kier alpha value is -2.74. The van der Waals surface area contributed by atoms with E-state index < -0.39 is 6.04 Å². The Morgan fingerprint density at radius 1 is 1.16 bits per heavy atom. The average molecular weight is 454 g/mol. The molecule has 0 spiro atoms. The van der Waals surface area contributed by atoms with Crippen LogP contribution in [0.25, 0.3) is 0 Å². The lowest BCUT2D eigenvalue weighted by atomic mass is 9.77. The molecule has 0 N–H and O–H groups in total. The first kappa shape index (κ1) is 21.1. The van der Waals surface area contributed by atoms with Crippen molar-refractivity contribution >= 4 is 28.2 Å². The number of benzene rings is 1. The summed E-state index contributed by atoms with van der Waals surface area (Å²) in [5.41, 5.74) is 1.29. The number of aromatic nitrogens is 2. The van der Waals surface area contributed by atoms with E-state index in [1.54, 1.807) is 12.0 Å². The van der Waals surface area contributed by atoms with Crippen LogP contribution < -0.4 is 9.64 Å². The number of amides is 1. The van der Waals surface area contributed by atoms with Crippen molar-refractivity contribution in [1.29, 1.82) is 0 Å². The fraction of sp³-hybridized carbons (Fsp3) is 0.500. The van der Waals surface area contributed by atoms with Gasteiger partial charge in [-0.3, -0.25) is 14.5 Å². The van der Waals surface area contributed by atoms with E-state index in [9.17, 15) is 9.59 Å². The number of fused-ring (bicyclic) bond motifs is 1. The highest BCUT2D eigenvalue weighted by molar-refractivity contribution is 7.15. The van der Waals surface area contributed by atoms with E-state index in [4.69, 9.17) is 9.47 Å². The lowest BCUT2D eigenvalue weighted by Gasteiger charge is -2.35. The predicted octanol–water partition coefficient (Wildman–Crippen LogP) is 4.25. The zero-order valence-corrected chi connectivity index (χ0v) is 19.4. The van der Waals surface area contributed by atoms with E-state index in [1.807, 2.05) is 24.3 Å². The molecule has 2 aliphatic heterocycles. The maximum Gasteiger partial charge on any atom is 0.296 e. The molecule has 3 unspecified atom stereocenters. The maximum absolute atomic E-state index is 13.6. The molecule has 1 amide bonds. The third-order valence-electron chi connectivity index (χ3n) is 6.44. The molecule has 1 aromatic heterocycles. The van der Waals surface area contributed by atoms with Gasteiger partial charge in [0.2, 0.25) is 5.13 Å². The molecule has 0 radical (unpaired) electrons. The van der Waals surface area contributed by atoms with Gasteiger partial charge in [0, 0.05) is 6.42 Å². The fourth-order valence-corrected chi connectivity index (χ4v) is 6.00. The lowest BCUT2D eigenvalue weighted by molar-refractivity contribution is -0.131. The SMILES string of the molecule is COc1ccc(C2C3=C(OC4CCCCC4C3=O)C(=O)N2c2nnc(CC(C)C)s2)cc1. The highest BCUT2D eigenvalue weighted by atomic mass is 32.1. The van der Waals surface area contributed by atoms with Crippen LogP contribution >= 0.6 is 11.3 Å². The van der Waals surface area contributed by atoms with Crippen molar-refractivity contribution in [2.75, 3.05) is 12.0 Å². The number of methoxy groups -OCH3 is 1. The van der Waals surface area contributed by atoms with E-state index in [1.165, 1.54) is 11.3 Å². The monoisotopic (exact) mass is 453 g/mol. The summed E-state index contributed by atoms with van der Waals surface area (Å²) in [7, 11) is 1.61. The second kappa shape index (κ2) is 8.31. The van der Waals surface area contributed by atoms with Gasteiger partial charge in [-0.1, -0.05) is 43.7 Å². The van der Waals surface area contributed by atoms with Crippen LogP contribution in [0, 0.1) is 11.8 Å². The Labute approximate surface area is 191 Å². The van der Waals surface area contributed by atoms with Crippen LogP contribution in [-0.4, -0.2) is 35.1 Å². The van der Waals surface area contributed by atoms with Crippen LogP contribution in [0.4, 0.5) is 5.13 Å². The molecule has 3 aliphatic rings. The van der Waals surface area contributed by atoms with Crippen LogP contribution in [0.15, 0.2) is 35.6 Å². The maximum atomic E-state index is 13.6. The van der Waals surface area contributed by atoms with E-state index in [2.05, 4.69) is 24.0 Å². The molecule has 168 valence electrons. The van der Waals surface area contributed by atoms with Crippen molar-refractivity contribution in [3.05, 3.63) is 46.2 Å². The van der Waals surface area contributed by atoms with Crippen molar-refractivity contribution in [2.45, 2.75) is 58.1 Å². The molecule has 0 bridgehead atoms. The number of Topliss-reactive ketones (excluding diaryl/α,β-unsaturated/α-hetero) is 1. The zero-order valence-electron chi connectivity index (χ0n) is 18.5. The molecule has 1 saturated carbocycles. The molecule has 2 aromatic rings. The smallest absolute Gasteiger partial charge is 0.296 e. The van der Waals surface area contributed by atoms with E-state index in [0.717, 1.165) is 42.7 Å². The Bertz CT molecular complexity index is 1080. The summed E-state index contributed by atoms with van der Waals surface area (Å²) in [5, 5.41) is 10.0. The minimum atomic E-state index is -0.571. The molecular weight excluding hydrogens is 426 g/mol. The van der Waals surface area contributed by atoms with Crippen molar-refractivity contribution < 1.29 is 19.1 Å². The highest BCUT2D eigenvalue weighted by Crippen LogP contribution is 2.48. The zero-order chi connectivity index (χ0) is 22.4. The number of rotatable bonds is 5. The molecule has 3 heterocycles. The molecule has 1 aromatic carbocycles. The van der Waals surface area contributed by atoms with Crippen LogP contribution in [0.2, 0.25) is 0 Å². The molecule has 7 nitrogen and oxygen atoms in total. The number of anilines is 1. The van der Waals surface area contributed by atoms with Crippen LogP contribution in [-0.2, 0) is 20.7 Å². The molecule has 5 rings (SSSR count). The lowest BCUT2D eigenvalue weighted by Crippen LogP contribution is -2.39. The number of hydrogen-bond acceptors (Lipinski definition) is 7. The van der Waals surface area contributed by atoms with Gasteiger partial charge in [0.25, 0.3) is 5.91 Å². The van der Waals surface area contributed by atoms with Gasteiger partial charge in [-0.25, -0.2) is 0 Å². The van der Waals surface area contributed by atoms with Gasteiger partial charge in [0.15, 0.2) is 11.5 Å². The molecule has 1 aliphatic carbocycles. The summed E-state index contributed by atoms with van der Waals surface area (Å²) >= 11 is 1.41. The Morgan fingerprint density at radius 2 is 1.91 bits per heavy atom. The highest BCUT2D eigenvalue weighted by Gasteiger charge is 2.53. The molecule has 0 saturated heterocycles. The summed E-state index contributed by atoms with van der Waals surface area (Å²) in [6.45, 7) is 4.24. The van der Waals surface area contributed by atoms with Gasteiger partial charge in [-0.2, -0.15) is 0 Å². The summed E-state index contributed by atoms with van der Waals surface area (Å²) in [6, 6.07) is 6.92. The minimum absolute atomic E-state index is 0.0412. The second-order valence-electron chi connectivity index (χ2n) is 9.08. The summed E-state index contributed by atoms with van der Waals surface area (Å²) in [5.74, 6) is 0.904. The first-order valence-electron chi connectivity index (χ1n) is 11.2. The number of ether oxygens (including phenoxy) is 2. The van der Waals surface area contributed by atoms with Gasteiger partial charge in [0.05, 0.1) is 24.6 Å². The Kier molecular flexibility index (Phi) is 5.49. The normalized spacial score (nSPS) is 25.1. The minimum Gasteiger partial charge on any atom is -0.497 e. The number of hydrogen-bond donors (Lipinski definition) is 0. The Balaban J connectivity index is 1.59. The second-order valence-corrected chi connectivity index (χ2v) is 10.1. The Morgan fingerprint density at radius 3 is 2.62 bits per heavy atom. The summed E-state index contributed by atoms with van der Waals surface area (Å²) in [6.07, 6.45) is 4.23. The fourth-order valence-electron chi connectivity index (χ4n) is 4.92. The average Bonchev–Trinajstić information content (AvgIpc) is 3.36. The predicted molar refractivity (Wildman–Crippen MR) is 121 cm³/mol. The van der Waals surface area contributed by atoms with Gasteiger partial charge < -0.3 is 9.47 Å². The number of carbonyl (C=O) groups excluding carboxylic acids is 2. The molecule has 1 fully saturated rings. The standard InChI is InChI=1S/C24H27N3O4S/c1-13(2)12-18-25-26-24(32-18)27-20(14-8-10-15(30-3)11-9-14)19-21(28)16-6-4-5-7-17(16)31-22(19)23(27)29/h8-11,13,16-17,20H,4-7,12H2,1-3H3. The third-order valence-corrected chi connectivity index (χ3v) is 7.38. The first-order chi connectivity index (χ1) is 15.5. The van der Waals surface area contributed by atoms with Crippen molar-refractivity contribution in [1.82, 2.24) is 10.2 Å². The third kappa shape index (κ3) is 3.50. The van der Waals surface area contributed by atoms with E-state index in [-0.39, 0.29) is 29.5 Å². The van der Waals surface area contributed by atoms with Gasteiger partial charge in [-0.05, 0) is 42.9 Å². The molecular formula is C24H27N3O4S. The van der Waals surface area contributed by atoms with Crippen LogP contribution in [0.3, 0.4) is 0 Å². The number of carbonyl (C=O) groups is 2. The number of ketones is 1. The van der Waals surface area contributed by atoms with Crippen LogP contribution in [0.5, 0.6) is 5.75 Å². The van der Waals surface area contributed by atoms with Crippen LogP contribution in [0.1, 0.15) is 56.1 Å². The molecule has 32 heavy (non-hydrogen) atoms. The quantitative estimate of drug-likeness (QED) is 0.673. The molecule has 3 atom stereocenters. The van der Waals surface area contributed by atoms with Crippen molar-refractivity contribution in [2.24, 2.45) is 11.8 Å². The van der Waals surface area contributed by atoms with E-state index in [0.29, 0.717) is 22.4 Å². The van der Waals surface area contributed by atoms with Crippen molar-refractivity contribution in [3.8, 4) is 5.75 Å². The summed E-state index contributed by atoms with van der Waals surface area (Å²) in [4.78, 5) is 28.9. The largest absolute Gasteiger partial charge is 0.497 e. The van der Waals surface area contributed by atoms with E-state index >= 15 is 0 Å². The first-order valence-corrected chi connectivity index (χ1v) is 12.0. The van der Waals surface area contributed by atoms with Gasteiger partial charge in [0.1, 0.15) is 16.9 Å². The number of nitrogens with zero attached hydrogens (tertiary/aromatic N) is 3. The van der Waals surface area contributed by atoms with Crippen molar-refractivity contribution in [3.63, 3.8) is 0 Å². The summed E-state index contributed by atoms with van der Waals surface area (Å²) < 4.78 is 11.5. The van der Waals surface area contributed by atoms with Gasteiger partial charge >= 0.3 is 0 Å².